The maximum Gasteiger partial charge on any atom is 0.251 e. The van der Waals surface area contributed by atoms with Gasteiger partial charge in [-0.25, -0.2) is 4.98 Å². The zero-order valence-electron chi connectivity index (χ0n) is 15.0. The Balaban J connectivity index is 1.69. The van der Waals surface area contributed by atoms with Gasteiger partial charge >= 0.3 is 0 Å². The van der Waals surface area contributed by atoms with E-state index in [4.69, 9.17) is 4.98 Å². The highest BCUT2D eigenvalue weighted by atomic mass is 16.1. The van der Waals surface area contributed by atoms with E-state index < -0.39 is 0 Å². The summed E-state index contributed by atoms with van der Waals surface area (Å²) >= 11 is 0. The van der Waals surface area contributed by atoms with Gasteiger partial charge < -0.3 is 9.88 Å². The fourth-order valence-electron chi connectivity index (χ4n) is 3.06. The third-order valence-corrected chi connectivity index (χ3v) is 4.38. The van der Waals surface area contributed by atoms with Gasteiger partial charge in [-0.3, -0.25) is 4.79 Å². The maximum atomic E-state index is 12.3. The number of hydrogen-bond donors (Lipinski definition) is 1. The SMILES string of the molecule is CCCCn1c(CCNC(=O)c2cccc(C)c2)nc2ccccc21. The van der Waals surface area contributed by atoms with E-state index >= 15 is 0 Å². The van der Waals surface area contributed by atoms with E-state index in [1.807, 2.05) is 43.3 Å². The van der Waals surface area contributed by atoms with Crippen molar-refractivity contribution in [1.82, 2.24) is 14.9 Å². The molecule has 0 fully saturated rings. The van der Waals surface area contributed by atoms with Crippen LogP contribution in [0.4, 0.5) is 0 Å². The fraction of sp³-hybridized carbons (Fsp3) is 0.333. The molecule has 0 aliphatic heterocycles. The van der Waals surface area contributed by atoms with Gasteiger partial charge in [0.05, 0.1) is 11.0 Å². The second kappa shape index (κ2) is 7.97. The lowest BCUT2D eigenvalue weighted by Gasteiger charge is -2.09. The molecular formula is C21H25N3O. The monoisotopic (exact) mass is 335 g/mol. The van der Waals surface area contributed by atoms with Gasteiger partial charge in [-0.05, 0) is 37.6 Å². The second-order valence-electron chi connectivity index (χ2n) is 6.40. The summed E-state index contributed by atoms with van der Waals surface area (Å²) in [6, 6.07) is 15.9. The zero-order valence-corrected chi connectivity index (χ0v) is 15.0. The maximum absolute atomic E-state index is 12.3. The number of rotatable bonds is 7. The molecule has 1 heterocycles. The van der Waals surface area contributed by atoms with E-state index in [0.717, 1.165) is 42.7 Å². The largest absolute Gasteiger partial charge is 0.352 e. The molecule has 0 aliphatic rings. The molecule has 0 bridgehead atoms. The van der Waals surface area contributed by atoms with Crippen LogP contribution in [0.5, 0.6) is 0 Å². The highest BCUT2D eigenvalue weighted by molar-refractivity contribution is 5.94. The molecule has 0 saturated heterocycles. The molecule has 4 heteroatoms. The van der Waals surface area contributed by atoms with Crippen LogP contribution in [-0.4, -0.2) is 22.0 Å². The van der Waals surface area contributed by atoms with E-state index in [1.165, 1.54) is 5.52 Å². The quantitative estimate of drug-likeness (QED) is 0.706. The number of para-hydroxylation sites is 2. The van der Waals surface area contributed by atoms with Crippen LogP contribution in [0.3, 0.4) is 0 Å². The van der Waals surface area contributed by atoms with Gasteiger partial charge in [0.25, 0.3) is 5.91 Å². The summed E-state index contributed by atoms with van der Waals surface area (Å²) in [6.07, 6.45) is 3.01. The van der Waals surface area contributed by atoms with E-state index in [0.29, 0.717) is 12.1 Å². The number of nitrogens with zero attached hydrogens (tertiary/aromatic N) is 2. The molecule has 1 aromatic heterocycles. The minimum absolute atomic E-state index is 0.0279. The van der Waals surface area contributed by atoms with Crippen LogP contribution in [0.15, 0.2) is 48.5 Å². The van der Waals surface area contributed by atoms with Gasteiger partial charge in [0.2, 0.25) is 0 Å². The lowest BCUT2D eigenvalue weighted by molar-refractivity contribution is 0.0954. The molecule has 4 nitrogen and oxygen atoms in total. The predicted octanol–water partition coefficient (Wildman–Crippen LogP) is 4.12. The Morgan fingerprint density at radius 2 is 2.00 bits per heavy atom. The van der Waals surface area contributed by atoms with Crippen molar-refractivity contribution in [2.75, 3.05) is 6.54 Å². The van der Waals surface area contributed by atoms with Crippen molar-refractivity contribution in [2.45, 2.75) is 39.7 Å². The first kappa shape index (κ1) is 17.2. The number of nitrogens with one attached hydrogen (secondary N) is 1. The third-order valence-electron chi connectivity index (χ3n) is 4.38. The number of hydrogen-bond acceptors (Lipinski definition) is 2. The minimum atomic E-state index is -0.0279. The van der Waals surface area contributed by atoms with E-state index in [-0.39, 0.29) is 5.91 Å². The summed E-state index contributed by atoms with van der Waals surface area (Å²) in [6.45, 7) is 5.74. The summed E-state index contributed by atoms with van der Waals surface area (Å²) in [5.74, 6) is 1.01. The highest BCUT2D eigenvalue weighted by Gasteiger charge is 2.11. The topological polar surface area (TPSA) is 46.9 Å². The van der Waals surface area contributed by atoms with E-state index in [9.17, 15) is 4.79 Å². The first-order valence-corrected chi connectivity index (χ1v) is 8.98. The average molecular weight is 335 g/mol. The van der Waals surface area contributed by atoms with Gasteiger partial charge in [0.15, 0.2) is 0 Å². The van der Waals surface area contributed by atoms with Crippen molar-refractivity contribution in [3.05, 3.63) is 65.5 Å². The number of aromatic nitrogens is 2. The molecule has 1 amide bonds. The molecule has 0 saturated carbocycles. The number of aryl methyl sites for hydroxylation is 2. The summed E-state index contributed by atoms with van der Waals surface area (Å²) in [5.41, 5.74) is 4.00. The number of unbranched alkanes of at least 4 members (excludes halogenated alkanes) is 1. The van der Waals surface area contributed by atoms with Gasteiger partial charge in [-0.2, -0.15) is 0 Å². The van der Waals surface area contributed by atoms with Crippen molar-refractivity contribution < 1.29 is 4.79 Å². The number of carbonyl (C=O) groups is 1. The van der Waals surface area contributed by atoms with Gasteiger partial charge in [-0.1, -0.05) is 43.2 Å². The van der Waals surface area contributed by atoms with Gasteiger partial charge in [-0.15, -0.1) is 0 Å². The standard InChI is InChI=1S/C21H25N3O/c1-3-4-14-24-19-11-6-5-10-18(19)23-20(24)12-13-22-21(25)17-9-7-8-16(2)15-17/h5-11,15H,3-4,12-14H2,1-2H3,(H,22,25). The Kier molecular flexibility index (Phi) is 5.49. The molecular weight excluding hydrogens is 310 g/mol. The molecule has 3 rings (SSSR count). The average Bonchev–Trinajstić information content (AvgIpc) is 2.97. The zero-order chi connectivity index (χ0) is 17.6. The van der Waals surface area contributed by atoms with E-state index in [2.05, 4.69) is 28.9 Å². The molecule has 0 atom stereocenters. The van der Waals surface area contributed by atoms with Crippen LogP contribution in [0, 0.1) is 6.92 Å². The molecule has 1 N–H and O–H groups in total. The molecule has 130 valence electrons. The third kappa shape index (κ3) is 4.08. The summed E-state index contributed by atoms with van der Waals surface area (Å²) in [7, 11) is 0. The lowest BCUT2D eigenvalue weighted by Crippen LogP contribution is -2.26. The number of benzene rings is 2. The number of imidazole rings is 1. The van der Waals surface area contributed by atoms with Crippen molar-refractivity contribution in [3.8, 4) is 0 Å². The van der Waals surface area contributed by atoms with Crippen molar-refractivity contribution in [2.24, 2.45) is 0 Å². The molecule has 0 aliphatic carbocycles. The summed E-state index contributed by atoms with van der Waals surface area (Å²) in [4.78, 5) is 17.0. The minimum Gasteiger partial charge on any atom is -0.352 e. The summed E-state index contributed by atoms with van der Waals surface area (Å²) < 4.78 is 2.29. The molecule has 25 heavy (non-hydrogen) atoms. The molecule has 0 radical (unpaired) electrons. The molecule has 3 aromatic rings. The van der Waals surface area contributed by atoms with Crippen molar-refractivity contribution in [1.29, 1.82) is 0 Å². The van der Waals surface area contributed by atoms with Gasteiger partial charge in [0, 0.05) is 25.1 Å². The number of carbonyl (C=O) groups excluding carboxylic acids is 1. The second-order valence-corrected chi connectivity index (χ2v) is 6.40. The first-order chi connectivity index (χ1) is 12.2. The molecule has 0 spiro atoms. The van der Waals surface area contributed by atoms with Crippen LogP contribution in [0.1, 0.15) is 41.5 Å². The Bertz CT molecular complexity index is 866. The predicted molar refractivity (Wildman–Crippen MR) is 102 cm³/mol. The molecule has 2 aromatic carbocycles. The summed E-state index contributed by atoms with van der Waals surface area (Å²) in [5, 5.41) is 3.01. The van der Waals surface area contributed by atoms with Crippen molar-refractivity contribution >= 4 is 16.9 Å². The number of amides is 1. The van der Waals surface area contributed by atoms with Crippen LogP contribution >= 0.6 is 0 Å². The molecule has 0 unspecified atom stereocenters. The Hall–Kier alpha value is -2.62. The van der Waals surface area contributed by atoms with Crippen LogP contribution in [0.2, 0.25) is 0 Å². The van der Waals surface area contributed by atoms with Crippen LogP contribution < -0.4 is 5.32 Å². The van der Waals surface area contributed by atoms with Crippen LogP contribution in [-0.2, 0) is 13.0 Å². The highest BCUT2D eigenvalue weighted by Crippen LogP contribution is 2.17. The van der Waals surface area contributed by atoms with Crippen LogP contribution in [0.25, 0.3) is 11.0 Å². The number of fused-ring (bicyclic) bond motifs is 1. The smallest absolute Gasteiger partial charge is 0.251 e. The fourth-order valence-corrected chi connectivity index (χ4v) is 3.06. The van der Waals surface area contributed by atoms with Crippen molar-refractivity contribution in [3.63, 3.8) is 0 Å². The Labute approximate surface area is 148 Å². The Morgan fingerprint density at radius 3 is 2.80 bits per heavy atom. The Morgan fingerprint density at radius 1 is 1.16 bits per heavy atom. The normalized spacial score (nSPS) is 11.0. The van der Waals surface area contributed by atoms with Gasteiger partial charge in [0.1, 0.15) is 5.82 Å². The first-order valence-electron chi connectivity index (χ1n) is 8.98. The van der Waals surface area contributed by atoms with E-state index in [1.54, 1.807) is 0 Å². The lowest BCUT2D eigenvalue weighted by atomic mass is 10.1.